The molecule has 152 valence electrons. The number of halogens is 6. The molecule has 2 aromatic carbocycles. The highest BCUT2D eigenvalue weighted by atomic mass is 32.2. The van der Waals surface area contributed by atoms with Crippen molar-refractivity contribution < 1.29 is 34.8 Å². The van der Waals surface area contributed by atoms with E-state index in [0.29, 0.717) is 5.56 Å². The summed E-state index contributed by atoms with van der Waals surface area (Å²) in [6.07, 6.45) is -2.36. The van der Waals surface area contributed by atoms with Gasteiger partial charge in [-0.15, -0.1) is 0 Å². The van der Waals surface area contributed by atoms with E-state index in [4.69, 9.17) is 0 Å². The number of sulfonamides is 1. The van der Waals surface area contributed by atoms with Gasteiger partial charge in [-0.05, 0) is 23.3 Å². The Kier molecular flexibility index (Phi) is 6.56. The predicted molar refractivity (Wildman–Crippen MR) is 92.3 cm³/mol. The van der Waals surface area contributed by atoms with Gasteiger partial charge in [0.2, 0.25) is 0 Å². The zero-order chi connectivity index (χ0) is 21.0. The lowest BCUT2D eigenvalue weighted by molar-refractivity contribution is -0.137. The molecule has 0 fully saturated rings. The lowest BCUT2D eigenvalue weighted by Gasteiger charge is -2.22. The topological polar surface area (TPSA) is 37.4 Å². The third kappa shape index (κ3) is 5.59. The molecule has 0 aromatic heterocycles. The van der Waals surface area contributed by atoms with Crippen LogP contribution in [0.4, 0.5) is 26.3 Å². The predicted octanol–water partition coefficient (Wildman–Crippen LogP) is 5.07. The van der Waals surface area contributed by atoms with Gasteiger partial charge in [0.05, 0.1) is 5.56 Å². The Morgan fingerprint density at radius 2 is 1.54 bits per heavy atom. The minimum atomic E-state index is -5.62. The molecule has 2 aromatic rings. The van der Waals surface area contributed by atoms with Crippen molar-refractivity contribution in [2.75, 3.05) is 6.54 Å². The van der Waals surface area contributed by atoms with Gasteiger partial charge in [-0.2, -0.15) is 30.6 Å². The van der Waals surface area contributed by atoms with Crippen LogP contribution in [0.25, 0.3) is 6.08 Å². The maximum Gasteiger partial charge on any atom is 0.511 e. The SMILES string of the molecule is O=S(=O)(N(CC=Cc1cccc(C(F)(F)F)c1)Cc1ccccc1)C(F)(F)F. The summed E-state index contributed by atoms with van der Waals surface area (Å²) in [7, 11) is -5.62. The molecule has 0 bridgehead atoms. The van der Waals surface area contributed by atoms with E-state index in [1.54, 1.807) is 18.2 Å². The van der Waals surface area contributed by atoms with E-state index >= 15 is 0 Å². The van der Waals surface area contributed by atoms with Crippen molar-refractivity contribution in [2.45, 2.75) is 18.2 Å². The molecule has 0 unspecified atom stereocenters. The highest BCUT2D eigenvalue weighted by Gasteiger charge is 2.49. The highest BCUT2D eigenvalue weighted by Crippen LogP contribution is 2.30. The van der Waals surface area contributed by atoms with Crippen molar-refractivity contribution in [2.24, 2.45) is 0 Å². The molecule has 0 aliphatic rings. The van der Waals surface area contributed by atoms with Crippen LogP contribution >= 0.6 is 0 Å². The van der Waals surface area contributed by atoms with Crippen LogP contribution in [0.3, 0.4) is 0 Å². The largest absolute Gasteiger partial charge is 0.511 e. The monoisotopic (exact) mass is 423 g/mol. The van der Waals surface area contributed by atoms with E-state index in [2.05, 4.69) is 0 Å². The van der Waals surface area contributed by atoms with E-state index in [1.165, 1.54) is 18.2 Å². The summed E-state index contributed by atoms with van der Waals surface area (Å²) >= 11 is 0. The van der Waals surface area contributed by atoms with Crippen molar-refractivity contribution in [1.29, 1.82) is 0 Å². The van der Waals surface area contributed by atoms with Crippen molar-refractivity contribution in [3.63, 3.8) is 0 Å². The summed E-state index contributed by atoms with van der Waals surface area (Å²) in [4.78, 5) is 0. The summed E-state index contributed by atoms with van der Waals surface area (Å²) in [6.45, 7) is -1.19. The van der Waals surface area contributed by atoms with Crippen molar-refractivity contribution in [1.82, 2.24) is 4.31 Å². The lowest BCUT2D eigenvalue weighted by atomic mass is 10.1. The second-order valence-corrected chi connectivity index (χ2v) is 7.68. The Morgan fingerprint density at radius 1 is 0.893 bits per heavy atom. The first-order chi connectivity index (χ1) is 12.9. The van der Waals surface area contributed by atoms with Gasteiger partial charge in [0.15, 0.2) is 0 Å². The Morgan fingerprint density at radius 3 is 2.11 bits per heavy atom. The van der Waals surface area contributed by atoms with Gasteiger partial charge >= 0.3 is 21.7 Å². The molecular weight excluding hydrogens is 408 g/mol. The van der Waals surface area contributed by atoms with E-state index in [0.717, 1.165) is 30.4 Å². The van der Waals surface area contributed by atoms with Crippen molar-refractivity contribution in [3.8, 4) is 0 Å². The van der Waals surface area contributed by atoms with Crippen LogP contribution < -0.4 is 0 Å². The van der Waals surface area contributed by atoms with Crippen LogP contribution in [-0.4, -0.2) is 24.8 Å². The van der Waals surface area contributed by atoms with Gasteiger partial charge in [0.25, 0.3) is 0 Å². The quantitative estimate of drug-likeness (QED) is 0.609. The lowest BCUT2D eigenvalue weighted by Crippen LogP contribution is -2.40. The minimum absolute atomic E-state index is 0.0823. The molecule has 0 aliphatic carbocycles. The van der Waals surface area contributed by atoms with Gasteiger partial charge in [0.1, 0.15) is 0 Å². The molecule has 10 heteroatoms. The average Bonchev–Trinajstić information content (AvgIpc) is 2.60. The number of hydrogen-bond donors (Lipinski definition) is 0. The molecule has 28 heavy (non-hydrogen) atoms. The van der Waals surface area contributed by atoms with Gasteiger partial charge in [-0.1, -0.05) is 54.6 Å². The maximum atomic E-state index is 12.9. The van der Waals surface area contributed by atoms with Crippen LogP contribution in [0.2, 0.25) is 0 Å². The van der Waals surface area contributed by atoms with E-state index in [9.17, 15) is 34.8 Å². The summed E-state index contributed by atoms with van der Waals surface area (Å²) < 4.78 is 101. The number of rotatable bonds is 6. The highest BCUT2D eigenvalue weighted by molar-refractivity contribution is 7.89. The second kappa shape index (κ2) is 8.36. The number of alkyl halides is 6. The van der Waals surface area contributed by atoms with E-state index in [-0.39, 0.29) is 9.87 Å². The zero-order valence-electron chi connectivity index (χ0n) is 14.2. The third-order valence-electron chi connectivity index (χ3n) is 3.67. The van der Waals surface area contributed by atoms with Gasteiger partial charge in [-0.3, -0.25) is 0 Å². The second-order valence-electron chi connectivity index (χ2n) is 5.75. The molecule has 0 spiro atoms. The fraction of sp³-hybridized carbons (Fsp3) is 0.222. The summed E-state index contributed by atoms with van der Waals surface area (Å²) in [6, 6.07) is 11.8. The van der Waals surface area contributed by atoms with E-state index in [1.807, 2.05) is 0 Å². The first-order valence-corrected chi connectivity index (χ1v) is 9.29. The molecule has 0 aliphatic heterocycles. The molecule has 0 radical (unpaired) electrons. The fourth-order valence-corrected chi connectivity index (χ4v) is 3.20. The van der Waals surface area contributed by atoms with Gasteiger partial charge in [0, 0.05) is 13.1 Å². The average molecular weight is 423 g/mol. The van der Waals surface area contributed by atoms with Crippen LogP contribution in [0, 0.1) is 0 Å². The first kappa shape index (κ1) is 22.0. The molecule has 0 heterocycles. The Balaban J connectivity index is 2.25. The maximum absolute atomic E-state index is 12.9. The zero-order valence-corrected chi connectivity index (χ0v) is 15.0. The third-order valence-corrected chi connectivity index (χ3v) is 5.21. The van der Waals surface area contributed by atoms with Crippen LogP contribution in [-0.2, 0) is 22.7 Å². The van der Waals surface area contributed by atoms with Crippen molar-refractivity contribution >= 4 is 16.1 Å². The van der Waals surface area contributed by atoms with Gasteiger partial charge < -0.3 is 0 Å². The molecule has 0 saturated heterocycles. The number of hydrogen-bond acceptors (Lipinski definition) is 2. The number of benzene rings is 2. The molecule has 0 amide bonds. The van der Waals surface area contributed by atoms with Crippen molar-refractivity contribution in [3.05, 3.63) is 77.4 Å². The Bertz CT molecular complexity index is 921. The van der Waals surface area contributed by atoms with Crippen LogP contribution in [0.1, 0.15) is 16.7 Å². The standard InChI is InChI=1S/C18H15F6NO2S/c19-17(20,21)16-10-4-8-14(12-16)9-5-11-25(28(26,27)18(22,23)24)13-15-6-2-1-3-7-15/h1-10,12H,11,13H2. The molecule has 0 N–H and O–H groups in total. The normalized spacial score (nSPS) is 13.4. The molecular formula is C18H15F6NO2S. The summed E-state index contributed by atoms with van der Waals surface area (Å²) in [5, 5.41) is 0. The minimum Gasteiger partial charge on any atom is -0.203 e. The van der Waals surface area contributed by atoms with Crippen LogP contribution in [0.15, 0.2) is 60.7 Å². The molecule has 0 saturated carbocycles. The number of nitrogens with zero attached hydrogens (tertiary/aromatic N) is 1. The Labute approximate surface area is 158 Å². The Hall–Kier alpha value is -2.33. The van der Waals surface area contributed by atoms with Gasteiger partial charge in [-0.25, -0.2) is 8.42 Å². The summed E-state index contributed by atoms with van der Waals surface area (Å²) in [5.41, 5.74) is -5.99. The summed E-state index contributed by atoms with van der Waals surface area (Å²) in [5.74, 6) is 0. The first-order valence-electron chi connectivity index (χ1n) is 7.85. The van der Waals surface area contributed by atoms with Crippen LogP contribution in [0.5, 0.6) is 0 Å². The van der Waals surface area contributed by atoms with E-state index < -0.39 is 40.4 Å². The smallest absolute Gasteiger partial charge is 0.203 e. The fourth-order valence-electron chi connectivity index (χ4n) is 2.31. The molecule has 2 rings (SSSR count). The molecule has 0 atom stereocenters. The molecule has 3 nitrogen and oxygen atoms in total.